The van der Waals surface area contributed by atoms with Gasteiger partial charge >= 0.3 is 6.18 Å². The standard InChI is InChI=1S/C26H27F3N2O3/c1-18-5-3-6-19(2)24(18)33-17-22-9-10-23(34-22)25(32)31-13-11-30(12-14-31)16-20-7-4-8-21(15-20)26(27,28)29/h3-10,15H,11-14,16-17H2,1-2H3. The summed E-state index contributed by atoms with van der Waals surface area (Å²) in [6.45, 7) is 6.70. The van der Waals surface area contributed by atoms with Crippen molar-refractivity contribution in [2.75, 3.05) is 26.2 Å². The molecular formula is C26H27F3N2O3. The van der Waals surface area contributed by atoms with Crippen LogP contribution in [0.3, 0.4) is 0 Å². The first-order valence-electron chi connectivity index (χ1n) is 11.2. The van der Waals surface area contributed by atoms with Crippen LogP contribution in [0.15, 0.2) is 59.0 Å². The summed E-state index contributed by atoms with van der Waals surface area (Å²) in [6, 6.07) is 14.7. The molecule has 180 valence electrons. The van der Waals surface area contributed by atoms with Crippen molar-refractivity contribution in [2.45, 2.75) is 33.2 Å². The SMILES string of the molecule is Cc1cccc(C)c1OCc1ccc(C(=O)N2CCN(Cc3cccc(C(F)(F)F)c3)CC2)o1. The van der Waals surface area contributed by atoms with Crippen molar-refractivity contribution in [1.82, 2.24) is 9.80 Å². The first-order valence-corrected chi connectivity index (χ1v) is 11.2. The molecule has 0 bridgehead atoms. The average molecular weight is 473 g/mol. The molecule has 0 N–H and O–H groups in total. The Hall–Kier alpha value is -3.26. The third kappa shape index (κ3) is 5.62. The van der Waals surface area contributed by atoms with Gasteiger partial charge in [-0.05, 0) is 48.7 Å². The van der Waals surface area contributed by atoms with Crippen molar-refractivity contribution in [3.8, 4) is 5.75 Å². The minimum Gasteiger partial charge on any atom is -0.485 e. The molecule has 1 saturated heterocycles. The second-order valence-electron chi connectivity index (χ2n) is 8.54. The summed E-state index contributed by atoms with van der Waals surface area (Å²) in [4.78, 5) is 16.6. The monoisotopic (exact) mass is 472 g/mol. The molecular weight excluding hydrogens is 445 g/mol. The number of aryl methyl sites for hydroxylation is 2. The second kappa shape index (κ2) is 9.93. The third-order valence-electron chi connectivity index (χ3n) is 5.96. The number of piperazine rings is 1. The molecule has 0 atom stereocenters. The number of benzene rings is 2. The van der Waals surface area contributed by atoms with Crippen LogP contribution in [0.5, 0.6) is 5.75 Å². The molecule has 3 aromatic rings. The van der Waals surface area contributed by atoms with E-state index in [0.717, 1.165) is 22.9 Å². The van der Waals surface area contributed by atoms with E-state index in [4.69, 9.17) is 9.15 Å². The van der Waals surface area contributed by atoms with Crippen molar-refractivity contribution in [3.05, 3.63) is 88.4 Å². The van der Waals surface area contributed by atoms with Crippen LogP contribution in [0.4, 0.5) is 13.2 Å². The maximum atomic E-state index is 12.9. The minimum absolute atomic E-state index is 0.197. The zero-order valence-electron chi connectivity index (χ0n) is 19.2. The Balaban J connectivity index is 1.30. The van der Waals surface area contributed by atoms with Gasteiger partial charge in [-0.1, -0.05) is 36.4 Å². The van der Waals surface area contributed by atoms with Crippen molar-refractivity contribution in [1.29, 1.82) is 0 Å². The summed E-state index contributed by atoms with van der Waals surface area (Å²) >= 11 is 0. The Labute approximate surface area is 196 Å². The summed E-state index contributed by atoms with van der Waals surface area (Å²) in [5.41, 5.74) is 2.03. The van der Waals surface area contributed by atoms with Crippen molar-refractivity contribution < 1.29 is 27.1 Å². The number of hydrogen-bond donors (Lipinski definition) is 0. The average Bonchev–Trinajstić information content (AvgIpc) is 3.27. The van der Waals surface area contributed by atoms with Crippen molar-refractivity contribution >= 4 is 5.91 Å². The quantitative estimate of drug-likeness (QED) is 0.479. The van der Waals surface area contributed by atoms with E-state index in [1.165, 1.54) is 12.1 Å². The Bertz CT molecular complexity index is 1130. The number of para-hydroxylation sites is 1. The van der Waals surface area contributed by atoms with Crippen LogP contribution in [0.2, 0.25) is 0 Å². The van der Waals surface area contributed by atoms with E-state index in [-0.39, 0.29) is 18.3 Å². The Morgan fingerprint density at radius 3 is 2.32 bits per heavy atom. The molecule has 1 aliphatic heterocycles. The molecule has 0 spiro atoms. The summed E-state index contributed by atoms with van der Waals surface area (Å²) in [7, 11) is 0. The van der Waals surface area contributed by atoms with Gasteiger partial charge in [-0.15, -0.1) is 0 Å². The number of furan rings is 1. The highest BCUT2D eigenvalue weighted by molar-refractivity contribution is 5.91. The lowest BCUT2D eigenvalue weighted by Gasteiger charge is -2.34. The van der Waals surface area contributed by atoms with Gasteiger partial charge in [-0.3, -0.25) is 9.69 Å². The summed E-state index contributed by atoms with van der Waals surface area (Å²) in [6.07, 6.45) is -4.35. The number of alkyl halides is 3. The lowest BCUT2D eigenvalue weighted by atomic mass is 10.1. The van der Waals surface area contributed by atoms with Gasteiger partial charge < -0.3 is 14.1 Å². The smallest absolute Gasteiger partial charge is 0.416 e. The first kappa shape index (κ1) is 23.9. The topological polar surface area (TPSA) is 45.9 Å². The predicted molar refractivity (Wildman–Crippen MR) is 122 cm³/mol. The zero-order valence-corrected chi connectivity index (χ0v) is 19.2. The molecule has 0 saturated carbocycles. The maximum Gasteiger partial charge on any atom is 0.416 e. The number of rotatable bonds is 6. The van der Waals surface area contributed by atoms with Crippen LogP contribution < -0.4 is 4.74 Å². The fourth-order valence-corrected chi connectivity index (χ4v) is 4.11. The number of hydrogen-bond acceptors (Lipinski definition) is 4. The normalized spacial score (nSPS) is 14.9. The summed E-state index contributed by atoms with van der Waals surface area (Å²) < 4.78 is 50.5. The fourth-order valence-electron chi connectivity index (χ4n) is 4.11. The van der Waals surface area contributed by atoms with Gasteiger partial charge in [0.25, 0.3) is 5.91 Å². The highest BCUT2D eigenvalue weighted by Gasteiger charge is 2.31. The van der Waals surface area contributed by atoms with E-state index < -0.39 is 11.7 Å². The Morgan fingerprint density at radius 2 is 1.65 bits per heavy atom. The van der Waals surface area contributed by atoms with E-state index in [1.807, 2.05) is 36.9 Å². The highest BCUT2D eigenvalue weighted by atomic mass is 19.4. The minimum atomic E-state index is -4.35. The van der Waals surface area contributed by atoms with Crippen molar-refractivity contribution in [2.24, 2.45) is 0 Å². The Kier molecular flexibility index (Phi) is 6.97. The van der Waals surface area contributed by atoms with Gasteiger partial charge in [0.15, 0.2) is 5.76 Å². The van der Waals surface area contributed by atoms with Gasteiger partial charge in [0.05, 0.1) is 5.56 Å². The molecule has 8 heteroatoms. The maximum absolute atomic E-state index is 12.9. The van der Waals surface area contributed by atoms with Crippen LogP contribution in [0.25, 0.3) is 0 Å². The lowest BCUT2D eigenvalue weighted by molar-refractivity contribution is -0.137. The van der Waals surface area contributed by atoms with Crippen LogP contribution >= 0.6 is 0 Å². The van der Waals surface area contributed by atoms with E-state index in [2.05, 4.69) is 0 Å². The van der Waals surface area contributed by atoms with Crippen LogP contribution in [0, 0.1) is 13.8 Å². The highest BCUT2D eigenvalue weighted by Crippen LogP contribution is 2.30. The number of carbonyl (C=O) groups is 1. The largest absolute Gasteiger partial charge is 0.485 e. The molecule has 5 nitrogen and oxygen atoms in total. The van der Waals surface area contributed by atoms with Crippen LogP contribution in [-0.2, 0) is 19.3 Å². The molecule has 1 aromatic heterocycles. The number of nitrogens with zero attached hydrogens (tertiary/aromatic N) is 2. The molecule has 4 rings (SSSR count). The van der Waals surface area contributed by atoms with Gasteiger partial charge in [0.2, 0.25) is 0 Å². The molecule has 34 heavy (non-hydrogen) atoms. The van der Waals surface area contributed by atoms with Gasteiger partial charge in [-0.2, -0.15) is 13.2 Å². The predicted octanol–water partition coefficient (Wildman–Crippen LogP) is 5.45. The molecule has 2 aromatic carbocycles. The summed E-state index contributed by atoms with van der Waals surface area (Å²) in [5.74, 6) is 1.43. The fraction of sp³-hybridized carbons (Fsp3) is 0.346. The van der Waals surface area contributed by atoms with Gasteiger partial charge in [0.1, 0.15) is 18.1 Å². The molecule has 1 amide bonds. The van der Waals surface area contributed by atoms with Crippen LogP contribution in [-0.4, -0.2) is 41.9 Å². The molecule has 1 fully saturated rings. The first-order chi connectivity index (χ1) is 16.2. The molecule has 0 aliphatic carbocycles. The molecule has 2 heterocycles. The van der Waals surface area contributed by atoms with E-state index in [1.54, 1.807) is 23.1 Å². The second-order valence-corrected chi connectivity index (χ2v) is 8.54. The van der Waals surface area contributed by atoms with Gasteiger partial charge in [0, 0.05) is 32.7 Å². The number of amides is 1. The number of carbonyl (C=O) groups excluding carboxylic acids is 1. The number of ether oxygens (including phenoxy) is 1. The van der Waals surface area contributed by atoms with Crippen molar-refractivity contribution in [3.63, 3.8) is 0 Å². The van der Waals surface area contributed by atoms with E-state index in [9.17, 15) is 18.0 Å². The molecule has 0 radical (unpaired) electrons. The zero-order chi connectivity index (χ0) is 24.3. The van der Waals surface area contributed by atoms with Gasteiger partial charge in [-0.25, -0.2) is 0 Å². The number of halogens is 3. The summed E-state index contributed by atoms with van der Waals surface area (Å²) in [5, 5.41) is 0. The molecule has 1 aliphatic rings. The van der Waals surface area contributed by atoms with Crippen LogP contribution in [0.1, 0.15) is 38.6 Å². The Morgan fingerprint density at radius 1 is 0.971 bits per heavy atom. The van der Waals surface area contributed by atoms with E-state index >= 15 is 0 Å². The van der Waals surface area contributed by atoms with E-state index in [0.29, 0.717) is 44.0 Å². The molecule has 0 unspecified atom stereocenters. The third-order valence-corrected chi connectivity index (χ3v) is 5.96. The lowest BCUT2D eigenvalue weighted by Crippen LogP contribution is -2.48.